The molecule has 0 aliphatic rings. The average molecular weight is 385 g/mol. The number of hydrogen-bond acceptors (Lipinski definition) is 6. The van der Waals surface area contributed by atoms with Crippen LogP contribution in [0.3, 0.4) is 0 Å². The highest BCUT2D eigenvalue weighted by molar-refractivity contribution is 5.94. The zero-order valence-corrected chi connectivity index (χ0v) is 15.8. The van der Waals surface area contributed by atoms with Crippen molar-refractivity contribution in [2.24, 2.45) is 5.92 Å². The summed E-state index contributed by atoms with van der Waals surface area (Å²) >= 11 is 0. The molecule has 0 heterocycles. The molecule has 0 bridgehead atoms. The number of anilines is 1. The number of carbonyl (C=O) groups is 2. The van der Waals surface area contributed by atoms with Gasteiger partial charge in [0.25, 0.3) is 5.69 Å². The maximum atomic E-state index is 12.5. The van der Waals surface area contributed by atoms with Gasteiger partial charge in [0.2, 0.25) is 5.91 Å². The first kappa shape index (κ1) is 21.0. The molecule has 0 radical (unpaired) electrons. The summed E-state index contributed by atoms with van der Waals surface area (Å²) in [6.07, 6.45) is 0. The Balaban J connectivity index is 2.11. The lowest BCUT2D eigenvalue weighted by Crippen LogP contribution is -2.37. The fourth-order valence-electron chi connectivity index (χ4n) is 2.82. The van der Waals surface area contributed by atoms with Crippen molar-refractivity contribution < 1.29 is 19.2 Å². The molecule has 2 aromatic carbocycles. The topological polar surface area (TPSA) is 102 Å². The quantitative estimate of drug-likeness (QED) is 0.405. The molecule has 8 heteroatoms. The predicted molar refractivity (Wildman–Crippen MR) is 105 cm³/mol. The maximum Gasteiger partial charge on any atom is 0.309 e. The van der Waals surface area contributed by atoms with Crippen LogP contribution in [0.5, 0.6) is 0 Å². The highest BCUT2D eigenvalue weighted by Gasteiger charge is 2.21. The number of nitro groups is 1. The molecule has 2 aromatic rings. The van der Waals surface area contributed by atoms with E-state index < -0.39 is 16.7 Å². The second kappa shape index (κ2) is 10.2. The summed E-state index contributed by atoms with van der Waals surface area (Å²) in [7, 11) is 1.32. The van der Waals surface area contributed by atoms with Crippen LogP contribution in [0.4, 0.5) is 11.4 Å². The van der Waals surface area contributed by atoms with Crippen LogP contribution in [0.25, 0.3) is 0 Å². The summed E-state index contributed by atoms with van der Waals surface area (Å²) in [5.41, 5.74) is 0.949. The van der Waals surface area contributed by atoms with Crippen molar-refractivity contribution in [2.45, 2.75) is 13.5 Å². The number of ether oxygens (including phenoxy) is 1. The number of hydrogen-bond donors (Lipinski definition) is 1. The fourth-order valence-corrected chi connectivity index (χ4v) is 2.82. The maximum absolute atomic E-state index is 12.5. The van der Waals surface area contributed by atoms with E-state index in [0.717, 1.165) is 5.56 Å². The molecule has 0 saturated carbocycles. The minimum Gasteiger partial charge on any atom is -0.469 e. The Morgan fingerprint density at radius 2 is 1.79 bits per heavy atom. The molecule has 0 aliphatic carbocycles. The Morgan fingerprint density at radius 1 is 1.14 bits per heavy atom. The lowest BCUT2D eigenvalue weighted by molar-refractivity contribution is -0.383. The van der Waals surface area contributed by atoms with Crippen LogP contribution >= 0.6 is 0 Å². The van der Waals surface area contributed by atoms with Gasteiger partial charge in [0.15, 0.2) is 0 Å². The van der Waals surface area contributed by atoms with Crippen LogP contribution in [0.2, 0.25) is 0 Å². The number of carbonyl (C=O) groups excluding carboxylic acids is 2. The van der Waals surface area contributed by atoms with Gasteiger partial charge >= 0.3 is 5.97 Å². The number of nitrogens with zero attached hydrogens (tertiary/aromatic N) is 2. The van der Waals surface area contributed by atoms with Gasteiger partial charge in [0.05, 0.1) is 24.5 Å². The monoisotopic (exact) mass is 385 g/mol. The van der Waals surface area contributed by atoms with Crippen molar-refractivity contribution in [1.82, 2.24) is 4.90 Å². The summed E-state index contributed by atoms with van der Waals surface area (Å²) < 4.78 is 4.76. The summed E-state index contributed by atoms with van der Waals surface area (Å²) in [4.78, 5) is 36.7. The first-order valence-electron chi connectivity index (χ1n) is 8.78. The number of rotatable bonds is 9. The third kappa shape index (κ3) is 6.17. The minimum atomic E-state index is -0.545. The van der Waals surface area contributed by atoms with E-state index in [1.807, 2.05) is 30.3 Å². The van der Waals surface area contributed by atoms with E-state index >= 15 is 0 Å². The van der Waals surface area contributed by atoms with Crippen LogP contribution in [-0.2, 0) is 20.9 Å². The van der Waals surface area contributed by atoms with Gasteiger partial charge in [-0.15, -0.1) is 0 Å². The number of benzene rings is 2. The van der Waals surface area contributed by atoms with E-state index in [1.54, 1.807) is 17.9 Å². The zero-order chi connectivity index (χ0) is 20.5. The lowest BCUT2D eigenvalue weighted by Gasteiger charge is -2.24. The van der Waals surface area contributed by atoms with Crippen LogP contribution < -0.4 is 5.32 Å². The number of para-hydroxylation sites is 2. The Labute approximate surface area is 163 Å². The molecule has 8 nitrogen and oxygen atoms in total. The van der Waals surface area contributed by atoms with Gasteiger partial charge in [0.1, 0.15) is 5.69 Å². The van der Waals surface area contributed by atoms with E-state index in [9.17, 15) is 19.7 Å². The number of nitrogens with one attached hydrogen (secondary N) is 1. The van der Waals surface area contributed by atoms with Crippen LogP contribution in [-0.4, -0.2) is 41.9 Å². The van der Waals surface area contributed by atoms with Crippen LogP contribution in [0, 0.1) is 16.0 Å². The molecule has 0 aliphatic heterocycles. The molecule has 28 heavy (non-hydrogen) atoms. The molecule has 2 rings (SSSR count). The number of methoxy groups -OCH3 is 1. The molecule has 1 amide bonds. The molecular weight excluding hydrogens is 362 g/mol. The summed E-state index contributed by atoms with van der Waals surface area (Å²) in [5, 5.41) is 13.7. The Hall–Kier alpha value is -3.26. The molecule has 1 unspecified atom stereocenters. The van der Waals surface area contributed by atoms with Crippen LogP contribution in [0.1, 0.15) is 12.5 Å². The Kier molecular flexibility index (Phi) is 7.65. The third-order valence-electron chi connectivity index (χ3n) is 4.13. The normalized spacial score (nSPS) is 11.7. The molecule has 148 valence electrons. The first-order valence-corrected chi connectivity index (χ1v) is 8.78. The molecule has 1 N–H and O–H groups in total. The average Bonchev–Trinajstić information content (AvgIpc) is 2.68. The second-order valence-electron chi connectivity index (χ2n) is 6.40. The van der Waals surface area contributed by atoms with E-state index in [4.69, 9.17) is 4.74 Å². The van der Waals surface area contributed by atoms with Crippen molar-refractivity contribution >= 4 is 23.3 Å². The number of esters is 1. The molecule has 0 fully saturated rings. The van der Waals surface area contributed by atoms with Gasteiger partial charge in [-0.25, -0.2) is 0 Å². The van der Waals surface area contributed by atoms with Gasteiger partial charge in [0, 0.05) is 19.2 Å². The molecule has 1 atom stereocenters. The third-order valence-corrected chi connectivity index (χ3v) is 4.13. The second-order valence-corrected chi connectivity index (χ2v) is 6.40. The Bertz CT molecular complexity index is 826. The smallest absolute Gasteiger partial charge is 0.309 e. The van der Waals surface area contributed by atoms with Crippen molar-refractivity contribution in [2.75, 3.05) is 25.5 Å². The molecule has 0 saturated heterocycles. The van der Waals surface area contributed by atoms with Crippen molar-refractivity contribution in [3.63, 3.8) is 0 Å². The molecule has 0 spiro atoms. The van der Waals surface area contributed by atoms with Gasteiger partial charge in [-0.2, -0.15) is 0 Å². The lowest BCUT2D eigenvalue weighted by atomic mass is 10.1. The van der Waals surface area contributed by atoms with Gasteiger partial charge in [-0.3, -0.25) is 24.6 Å². The van der Waals surface area contributed by atoms with Crippen molar-refractivity contribution in [3.05, 3.63) is 70.3 Å². The van der Waals surface area contributed by atoms with E-state index in [-0.39, 0.29) is 23.9 Å². The SMILES string of the molecule is COC(=O)C(C)CN(CC(=O)Nc1ccccc1[N+](=O)[O-])Cc1ccccc1. The molecule has 0 aromatic heterocycles. The first-order chi connectivity index (χ1) is 13.4. The zero-order valence-electron chi connectivity index (χ0n) is 15.8. The van der Waals surface area contributed by atoms with Gasteiger partial charge < -0.3 is 10.1 Å². The van der Waals surface area contributed by atoms with Gasteiger partial charge in [-0.1, -0.05) is 49.4 Å². The largest absolute Gasteiger partial charge is 0.469 e. The highest BCUT2D eigenvalue weighted by Crippen LogP contribution is 2.23. The van der Waals surface area contributed by atoms with E-state index in [2.05, 4.69) is 5.32 Å². The van der Waals surface area contributed by atoms with Crippen molar-refractivity contribution in [3.8, 4) is 0 Å². The highest BCUT2D eigenvalue weighted by atomic mass is 16.6. The van der Waals surface area contributed by atoms with E-state index in [0.29, 0.717) is 13.1 Å². The fraction of sp³-hybridized carbons (Fsp3) is 0.300. The van der Waals surface area contributed by atoms with Crippen LogP contribution in [0.15, 0.2) is 54.6 Å². The number of nitro benzene ring substituents is 1. The van der Waals surface area contributed by atoms with Gasteiger partial charge in [-0.05, 0) is 11.6 Å². The summed E-state index contributed by atoms with van der Waals surface area (Å²) in [5.74, 6) is -1.19. The van der Waals surface area contributed by atoms with E-state index in [1.165, 1.54) is 25.3 Å². The summed E-state index contributed by atoms with van der Waals surface area (Å²) in [6.45, 7) is 2.46. The van der Waals surface area contributed by atoms with Crippen molar-refractivity contribution in [1.29, 1.82) is 0 Å². The standard InChI is InChI=1S/C20H23N3O5/c1-15(20(25)28-2)12-22(13-16-8-4-3-5-9-16)14-19(24)21-17-10-6-7-11-18(17)23(26)27/h3-11,15H,12-14H2,1-2H3,(H,21,24). The number of amides is 1. The predicted octanol–water partition coefficient (Wildman–Crippen LogP) is 2.84. The summed E-state index contributed by atoms with van der Waals surface area (Å²) in [6, 6.07) is 15.5. The Morgan fingerprint density at radius 3 is 2.43 bits per heavy atom. The molecular formula is C20H23N3O5. The minimum absolute atomic E-state index is 0.0255.